The average molecular weight is 333 g/mol. The minimum atomic E-state index is -3.50. The fourth-order valence-electron chi connectivity index (χ4n) is 1.67. The van der Waals surface area contributed by atoms with E-state index in [4.69, 9.17) is 9.84 Å². The van der Waals surface area contributed by atoms with Gasteiger partial charge in [-0.25, -0.2) is 13.1 Å². The standard InChI is InChI=1S/C14H23NO4S2/c1-3-20-11-8-12(2)15-21(17,18)14-6-4-13(5-7-14)19-10-9-16/h4-7,12,15-16H,3,8-11H2,1-2H3. The summed E-state index contributed by atoms with van der Waals surface area (Å²) in [5.74, 6) is 2.51. The van der Waals surface area contributed by atoms with Crippen LogP contribution in [0.1, 0.15) is 20.3 Å². The highest BCUT2D eigenvalue weighted by Crippen LogP contribution is 2.16. The Hall–Kier alpha value is -0.760. The average Bonchev–Trinajstić information content (AvgIpc) is 2.45. The fraction of sp³-hybridized carbons (Fsp3) is 0.571. The molecule has 1 aromatic rings. The molecule has 0 aliphatic carbocycles. The molecule has 5 nitrogen and oxygen atoms in total. The van der Waals surface area contributed by atoms with Crippen molar-refractivity contribution in [1.82, 2.24) is 4.72 Å². The zero-order valence-corrected chi connectivity index (χ0v) is 14.0. The van der Waals surface area contributed by atoms with E-state index < -0.39 is 10.0 Å². The highest BCUT2D eigenvalue weighted by atomic mass is 32.2. The summed E-state index contributed by atoms with van der Waals surface area (Å²) in [6.07, 6.45) is 0.801. The van der Waals surface area contributed by atoms with E-state index >= 15 is 0 Å². The topological polar surface area (TPSA) is 75.6 Å². The SMILES string of the molecule is CCSCCC(C)NS(=O)(=O)c1ccc(OCCO)cc1. The van der Waals surface area contributed by atoms with Gasteiger partial charge in [0.25, 0.3) is 0 Å². The second-order valence-corrected chi connectivity index (χ2v) is 7.66. The number of hydrogen-bond acceptors (Lipinski definition) is 5. The Kier molecular flexibility index (Phi) is 8.10. The van der Waals surface area contributed by atoms with Crippen molar-refractivity contribution in [3.8, 4) is 5.75 Å². The third-order valence-corrected chi connectivity index (χ3v) is 5.29. The molecule has 1 unspecified atom stereocenters. The number of hydrogen-bond donors (Lipinski definition) is 2. The number of aliphatic hydroxyl groups excluding tert-OH is 1. The molecule has 0 amide bonds. The summed E-state index contributed by atoms with van der Waals surface area (Å²) in [5.41, 5.74) is 0. The van der Waals surface area contributed by atoms with Crippen molar-refractivity contribution in [2.24, 2.45) is 0 Å². The largest absolute Gasteiger partial charge is 0.491 e. The van der Waals surface area contributed by atoms with Crippen LogP contribution in [0.2, 0.25) is 0 Å². The number of thioether (sulfide) groups is 1. The van der Waals surface area contributed by atoms with Gasteiger partial charge in [0.05, 0.1) is 11.5 Å². The molecule has 0 saturated carbocycles. The summed E-state index contributed by atoms with van der Waals surface area (Å²) in [6.45, 7) is 4.07. The van der Waals surface area contributed by atoms with E-state index in [0.717, 1.165) is 17.9 Å². The van der Waals surface area contributed by atoms with Gasteiger partial charge in [-0.1, -0.05) is 6.92 Å². The molecule has 0 bridgehead atoms. The molecular formula is C14H23NO4S2. The minimum absolute atomic E-state index is 0.0745. The van der Waals surface area contributed by atoms with E-state index in [0.29, 0.717) is 5.75 Å². The predicted octanol–water partition coefficient (Wildman–Crippen LogP) is 1.87. The van der Waals surface area contributed by atoms with E-state index in [1.807, 2.05) is 6.92 Å². The maximum Gasteiger partial charge on any atom is 0.240 e. The Balaban J connectivity index is 2.61. The minimum Gasteiger partial charge on any atom is -0.491 e. The van der Waals surface area contributed by atoms with Crippen LogP contribution in [-0.2, 0) is 10.0 Å². The summed E-state index contributed by atoms with van der Waals surface area (Å²) in [4.78, 5) is 0.217. The van der Waals surface area contributed by atoms with Crippen LogP contribution in [0.3, 0.4) is 0 Å². The predicted molar refractivity (Wildman–Crippen MR) is 86.4 cm³/mol. The molecule has 21 heavy (non-hydrogen) atoms. The van der Waals surface area contributed by atoms with Crippen LogP contribution >= 0.6 is 11.8 Å². The molecule has 2 N–H and O–H groups in total. The fourth-order valence-corrected chi connectivity index (χ4v) is 3.76. The maximum absolute atomic E-state index is 12.2. The summed E-state index contributed by atoms with van der Waals surface area (Å²) in [6, 6.07) is 6.08. The van der Waals surface area contributed by atoms with Crippen molar-refractivity contribution in [3.63, 3.8) is 0 Å². The van der Waals surface area contributed by atoms with Crippen LogP contribution in [-0.4, -0.2) is 44.3 Å². The van der Waals surface area contributed by atoms with Crippen LogP contribution in [0.4, 0.5) is 0 Å². The number of nitrogens with one attached hydrogen (secondary N) is 1. The Labute approximate surface area is 131 Å². The van der Waals surface area contributed by atoms with E-state index in [1.165, 1.54) is 12.1 Å². The van der Waals surface area contributed by atoms with Gasteiger partial charge < -0.3 is 9.84 Å². The van der Waals surface area contributed by atoms with Gasteiger partial charge in [-0.2, -0.15) is 11.8 Å². The molecule has 1 aromatic carbocycles. The zero-order valence-electron chi connectivity index (χ0n) is 12.4. The van der Waals surface area contributed by atoms with Gasteiger partial charge in [-0.3, -0.25) is 0 Å². The first kappa shape index (κ1) is 18.3. The van der Waals surface area contributed by atoms with E-state index in [9.17, 15) is 8.42 Å². The van der Waals surface area contributed by atoms with Gasteiger partial charge in [0.2, 0.25) is 10.0 Å². The first-order valence-corrected chi connectivity index (χ1v) is 9.57. The van der Waals surface area contributed by atoms with Gasteiger partial charge >= 0.3 is 0 Å². The monoisotopic (exact) mass is 333 g/mol. The van der Waals surface area contributed by atoms with Crippen LogP contribution in [0.5, 0.6) is 5.75 Å². The lowest BCUT2D eigenvalue weighted by Crippen LogP contribution is -2.33. The van der Waals surface area contributed by atoms with Crippen molar-refractivity contribution >= 4 is 21.8 Å². The smallest absolute Gasteiger partial charge is 0.240 e. The Bertz CT molecular complexity index is 502. The lowest BCUT2D eigenvalue weighted by molar-refractivity contribution is 0.201. The van der Waals surface area contributed by atoms with Gasteiger partial charge in [0.1, 0.15) is 12.4 Å². The van der Waals surface area contributed by atoms with E-state index in [1.54, 1.807) is 23.9 Å². The molecule has 0 fully saturated rings. The van der Waals surface area contributed by atoms with Crippen LogP contribution in [0.15, 0.2) is 29.2 Å². The van der Waals surface area contributed by atoms with E-state index in [2.05, 4.69) is 11.6 Å². The number of benzene rings is 1. The molecular weight excluding hydrogens is 310 g/mol. The van der Waals surface area contributed by atoms with Gasteiger partial charge in [-0.15, -0.1) is 0 Å². The number of rotatable bonds is 10. The highest BCUT2D eigenvalue weighted by Gasteiger charge is 2.17. The Morgan fingerprint density at radius 3 is 2.57 bits per heavy atom. The first-order chi connectivity index (χ1) is 9.99. The van der Waals surface area contributed by atoms with Crippen molar-refractivity contribution < 1.29 is 18.3 Å². The van der Waals surface area contributed by atoms with Crippen LogP contribution < -0.4 is 9.46 Å². The van der Waals surface area contributed by atoms with Crippen LogP contribution in [0.25, 0.3) is 0 Å². The maximum atomic E-state index is 12.2. The van der Waals surface area contributed by atoms with Crippen molar-refractivity contribution in [1.29, 1.82) is 0 Å². The molecule has 0 saturated heterocycles. The molecule has 1 rings (SSSR count). The highest BCUT2D eigenvalue weighted by molar-refractivity contribution is 7.99. The van der Waals surface area contributed by atoms with E-state index in [-0.39, 0.29) is 24.2 Å². The molecule has 7 heteroatoms. The second-order valence-electron chi connectivity index (χ2n) is 4.55. The summed E-state index contributed by atoms with van der Waals surface area (Å²) >= 11 is 1.80. The number of aliphatic hydroxyl groups is 1. The van der Waals surface area contributed by atoms with Crippen molar-refractivity contribution in [3.05, 3.63) is 24.3 Å². The normalized spacial score (nSPS) is 13.1. The van der Waals surface area contributed by atoms with Gasteiger partial charge in [0.15, 0.2) is 0 Å². The summed E-state index contributed by atoms with van der Waals surface area (Å²) < 4.78 is 32.3. The quantitative estimate of drug-likeness (QED) is 0.639. The summed E-state index contributed by atoms with van der Waals surface area (Å²) in [5, 5.41) is 8.67. The van der Waals surface area contributed by atoms with Crippen LogP contribution in [0, 0.1) is 0 Å². The third kappa shape index (κ3) is 6.69. The van der Waals surface area contributed by atoms with Gasteiger partial charge in [0, 0.05) is 6.04 Å². The molecule has 120 valence electrons. The summed E-state index contributed by atoms with van der Waals surface area (Å²) in [7, 11) is -3.50. The zero-order chi connectivity index (χ0) is 15.7. The first-order valence-electron chi connectivity index (χ1n) is 6.93. The van der Waals surface area contributed by atoms with Crippen molar-refractivity contribution in [2.45, 2.75) is 31.2 Å². The lowest BCUT2D eigenvalue weighted by Gasteiger charge is -2.14. The molecule has 1 atom stereocenters. The Morgan fingerprint density at radius 1 is 1.33 bits per heavy atom. The number of ether oxygens (including phenoxy) is 1. The third-order valence-electron chi connectivity index (χ3n) is 2.75. The Morgan fingerprint density at radius 2 is 2.00 bits per heavy atom. The van der Waals surface area contributed by atoms with Gasteiger partial charge in [-0.05, 0) is 49.1 Å². The molecule has 0 heterocycles. The molecule has 0 aliphatic rings. The molecule has 0 spiro atoms. The van der Waals surface area contributed by atoms with Crippen molar-refractivity contribution in [2.75, 3.05) is 24.7 Å². The second kappa shape index (κ2) is 9.30. The molecule has 0 aromatic heterocycles. The molecule has 0 radical (unpaired) electrons. The number of sulfonamides is 1. The molecule has 0 aliphatic heterocycles. The lowest BCUT2D eigenvalue weighted by atomic mass is 10.3.